The van der Waals surface area contributed by atoms with E-state index in [2.05, 4.69) is 28.5 Å². The minimum Gasteiger partial charge on any atom is -0.492 e. The van der Waals surface area contributed by atoms with Gasteiger partial charge in [0.25, 0.3) is 5.56 Å². The average molecular weight is 357 g/mol. The molecule has 3 rings (SSSR count). The van der Waals surface area contributed by atoms with Gasteiger partial charge in [0, 0.05) is 35.5 Å². The summed E-state index contributed by atoms with van der Waals surface area (Å²) in [6.07, 6.45) is 2.92. The first-order valence-corrected chi connectivity index (χ1v) is 9.48. The molecule has 1 saturated heterocycles. The summed E-state index contributed by atoms with van der Waals surface area (Å²) in [5.41, 5.74) is 1.92. The van der Waals surface area contributed by atoms with Crippen LogP contribution in [0.1, 0.15) is 24.0 Å². The van der Waals surface area contributed by atoms with Gasteiger partial charge in [0.15, 0.2) is 0 Å². The molecule has 1 aromatic carbocycles. The fourth-order valence-electron chi connectivity index (χ4n) is 2.75. The molecule has 0 radical (unpaired) electrons. The number of aromatic nitrogens is 2. The molecule has 132 valence electrons. The minimum atomic E-state index is -0.0161. The van der Waals surface area contributed by atoms with Gasteiger partial charge in [-0.05, 0) is 30.7 Å². The smallest absolute Gasteiger partial charge is 0.253 e. The number of hydrogen-bond donors (Lipinski definition) is 1. The van der Waals surface area contributed by atoms with E-state index in [4.69, 9.17) is 4.74 Å². The van der Waals surface area contributed by atoms with Crippen LogP contribution in [0.3, 0.4) is 0 Å². The standard InChI is InChI=1S/C19H23N3O2S/c1-3-18-21-14(2)10-19(23)22(18)8-9-24-16-6-4-15(5-7-16)11-17-12-20-13-25-17/h4-7,10-11,20H,3,8-9,12-13H2,1-2H3. The highest BCUT2D eigenvalue weighted by Crippen LogP contribution is 2.23. The Hall–Kier alpha value is -2.05. The molecule has 0 spiro atoms. The molecule has 0 amide bonds. The fraction of sp³-hybridized carbons (Fsp3) is 0.368. The van der Waals surface area contributed by atoms with Crippen molar-refractivity contribution in [2.24, 2.45) is 0 Å². The third kappa shape index (κ3) is 4.74. The van der Waals surface area contributed by atoms with Gasteiger partial charge in [0.2, 0.25) is 0 Å². The molecule has 6 heteroatoms. The molecule has 0 saturated carbocycles. The maximum absolute atomic E-state index is 12.1. The van der Waals surface area contributed by atoms with E-state index in [1.807, 2.05) is 37.7 Å². The van der Waals surface area contributed by atoms with E-state index >= 15 is 0 Å². The van der Waals surface area contributed by atoms with Crippen molar-refractivity contribution in [1.29, 1.82) is 0 Å². The van der Waals surface area contributed by atoms with E-state index in [1.54, 1.807) is 10.6 Å². The molecule has 25 heavy (non-hydrogen) atoms. The average Bonchev–Trinajstić information content (AvgIpc) is 3.11. The van der Waals surface area contributed by atoms with E-state index in [9.17, 15) is 4.79 Å². The van der Waals surface area contributed by atoms with Gasteiger partial charge >= 0.3 is 0 Å². The SMILES string of the molecule is CCc1nc(C)cc(=O)n1CCOc1ccc(C=C2CNCS2)cc1. The third-order valence-electron chi connectivity index (χ3n) is 3.98. The lowest BCUT2D eigenvalue weighted by atomic mass is 10.2. The van der Waals surface area contributed by atoms with Crippen LogP contribution in [0.2, 0.25) is 0 Å². The summed E-state index contributed by atoms with van der Waals surface area (Å²) < 4.78 is 7.48. The molecule has 5 nitrogen and oxygen atoms in total. The number of ether oxygens (including phenoxy) is 1. The van der Waals surface area contributed by atoms with E-state index in [-0.39, 0.29) is 5.56 Å². The quantitative estimate of drug-likeness (QED) is 0.861. The maximum Gasteiger partial charge on any atom is 0.253 e. The summed E-state index contributed by atoms with van der Waals surface area (Å²) in [5.74, 6) is 2.60. The summed E-state index contributed by atoms with van der Waals surface area (Å²) in [6.45, 7) is 5.74. The van der Waals surface area contributed by atoms with E-state index in [1.165, 1.54) is 10.5 Å². The van der Waals surface area contributed by atoms with Crippen molar-refractivity contribution in [3.63, 3.8) is 0 Å². The van der Waals surface area contributed by atoms with Gasteiger partial charge in [-0.1, -0.05) is 19.1 Å². The summed E-state index contributed by atoms with van der Waals surface area (Å²) in [5, 5.41) is 3.30. The molecule has 0 bridgehead atoms. The highest BCUT2D eigenvalue weighted by atomic mass is 32.2. The molecule has 1 N–H and O–H groups in total. The van der Waals surface area contributed by atoms with Crippen LogP contribution in [0.5, 0.6) is 5.75 Å². The van der Waals surface area contributed by atoms with Gasteiger partial charge in [-0.25, -0.2) is 4.98 Å². The van der Waals surface area contributed by atoms with Crippen molar-refractivity contribution in [3.05, 3.63) is 62.7 Å². The maximum atomic E-state index is 12.1. The van der Waals surface area contributed by atoms with Gasteiger partial charge in [-0.15, -0.1) is 11.8 Å². The van der Waals surface area contributed by atoms with Crippen LogP contribution >= 0.6 is 11.8 Å². The second kappa shape index (κ2) is 8.36. The molecule has 2 heterocycles. The molecule has 0 aliphatic carbocycles. The zero-order valence-corrected chi connectivity index (χ0v) is 15.4. The van der Waals surface area contributed by atoms with Gasteiger partial charge < -0.3 is 10.1 Å². The number of nitrogens with one attached hydrogen (secondary N) is 1. The van der Waals surface area contributed by atoms with Gasteiger partial charge in [-0.3, -0.25) is 9.36 Å². The topological polar surface area (TPSA) is 56.2 Å². The van der Waals surface area contributed by atoms with Crippen LogP contribution in [-0.2, 0) is 13.0 Å². The second-order valence-electron chi connectivity index (χ2n) is 5.90. The van der Waals surface area contributed by atoms with Crippen LogP contribution in [0.15, 0.2) is 40.0 Å². The van der Waals surface area contributed by atoms with E-state index < -0.39 is 0 Å². The first-order valence-electron chi connectivity index (χ1n) is 8.50. The number of benzene rings is 1. The minimum absolute atomic E-state index is 0.0161. The predicted molar refractivity (Wildman–Crippen MR) is 103 cm³/mol. The Balaban J connectivity index is 1.59. The molecular weight excluding hydrogens is 334 g/mol. The molecule has 2 aromatic rings. The molecule has 1 aliphatic heterocycles. The van der Waals surface area contributed by atoms with Gasteiger partial charge in [-0.2, -0.15) is 0 Å². The molecule has 1 aromatic heterocycles. The highest BCUT2D eigenvalue weighted by Gasteiger charge is 2.07. The van der Waals surface area contributed by atoms with Crippen molar-refractivity contribution in [2.75, 3.05) is 19.0 Å². The lowest BCUT2D eigenvalue weighted by Crippen LogP contribution is -2.27. The first kappa shape index (κ1) is 17.8. The number of rotatable bonds is 6. The summed E-state index contributed by atoms with van der Waals surface area (Å²) >= 11 is 1.84. The monoisotopic (exact) mass is 357 g/mol. The normalized spacial score (nSPS) is 15.7. The number of nitrogens with zero attached hydrogens (tertiary/aromatic N) is 2. The molecule has 0 unspecified atom stereocenters. The van der Waals surface area contributed by atoms with Crippen LogP contribution < -0.4 is 15.6 Å². The Labute approximate surface area is 152 Å². The predicted octanol–water partition coefficient (Wildman–Crippen LogP) is 2.83. The Kier molecular flexibility index (Phi) is 5.94. The lowest BCUT2D eigenvalue weighted by molar-refractivity contribution is 0.293. The van der Waals surface area contributed by atoms with Crippen LogP contribution in [0.4, 0.5) is 0 Å². The number of thioether (sulfide) groups is 1. The van der Waals surface area contributed by atoms with Crippen LogP contribution in [0, 0.1) is 6.92 Å². The van der Waals surface area contributed by atoms with Gasteiger partial charge in [0.1, 0.15) is 18.2 Å². The van der Waals surface area contributed by atoms with Crippen LogP contribution in [0.25, 0.3) is 6.08 Å². The van der Waals surface area contributed by atoms with Crippen molar-refractivity contribution in [2.45, 2.75) is 26.8 Å². The fourth-order valence-corrected chi connectivity index (χ4v) is 3.56. The van der Waals surface area contributed by atoms with Crippen molar-refractivity contribution < 1.29 is 4.74 Å². The molecule has 1 fully saturated rings. The Morgan fingerprint density at radius 2 is 2.16 bits per heavy atom. The third-order valence-corrected chi connectivity index (χ3v) is 4.96. The highest BCUT2D eigenvalue weighted by molar-refractivity contribution is 8.03. The van der Waals surface area contributed by atoms with Gasteiger partial charge in [0.05, 0.1) is 6.54 Å². The second-order valence-corrected chi connectivity index (χ2v) is 7.00. The largest absolute Gasteiger partial charge is 0.492 e. The Morgan fingerprint density at radius 1 is 1.36 bits per heavy atom. The molecule has 1 aliphatic rings. The number of aryl methyl sites for hydroxylation is 2. The first-order chi connectivity index (χ1) is 12.2. The van der Waals surface area contributed by atoms with E-state index in [0.29, 0.717) is 13.2 Å². The molecule has 0 atom stereocenters. The number of hydrogen-bond acceptors (Lipinski definition) is 5. The van der Waals surface area contributed by atoms with Crippen molar-refractivity contribution in [3.8, 4) is 5.75 Å². The van der Waals surface area contributed by atoms with E-state index in [0.717, 1.165) is 36.1 Å². The lowest BCUT2D eigenvalue weighted by Gasteiger charge is -2.12. The Morgan fingerprint density at radius 3 is 2.84 bits per heavy atom. The summed E-state index contributed by atoms with van der Waals surface area (Å²) in [7, 11) is 0. The van der Waals surface area contributed by atoms with Crippen LogP contribution in [-0.4, -0.2) is 28.6 Å². The summed E-state index contributed by atoms with van der Waals surface area (Å²) in [4.78, 5) is 17.9. The zero-order chi connectivity index (χ0) is 17.6. The summed E-state index contributed by atoms with van der Waals surface area (Å²) in [6, 6.07) is 9.61. The molecular formula is C19H23N3O2S. The zero-order valence-electron chi connectivity index (χ0n) is 14.6. The van der Waals surface area contributed by atoms with Crippen molar-refractivity contribution >= 4 is 17.8 Å². The van der Waals surface area contributed by atoms with Crippen molar-refractivity contribution in [1.82, 2.24) is 14.9 Å². The Bertz CT molecular complexity index is 804.